The number of rotatable bonds is 9. The molecule has 0 aliphatic carbocycles. The largest absolute Gasteiger partial charge is 0.514 e. The Balaban J connectivity index is 1.66. The van der Waals surface area contributed by atoms with Crippen LogP contribution in [0, 0.1) is 0 Å². The van der Waals surface area contributed by atoms with Gasteiger partial charge in [0.25, 0.3) is 5.56 Å². The highest BCUT2D eigenvalue weighted by molar-refractivity contribution is 5.90. The number of pyridine rings is 2. The highest BCUT2D eigenvalue weighted by Crippen LogP contribution is 2.42. The monoisotopic (exact) mass is 589 g/mol. The third kappa shape index (κ3) is 5.25. The standard InChI is InChI=1S/C31H31N3O9/c1-6-11-39-29(37)42-18-9-10-24-19(13-18)20(15-33(4)5)21-16-34-25(26(21)32-24)14-23-22(27(34)35)17-41-28(36)31(23,8-3)43-30(38)40-12-7-2/h6-7,9-10,13-14H,1-2,8,11-12,15-17H2,3-5H3/t31-/m0/s1. The molecular weight excluding hydrogens is 558 g/mol. The summed E-state index contributed by atoms with van der Waals surface area (Å²) in [5, 5.41) is 0.738. The van der Waals surface area contributed by atoms with Crippen LogP contribution in [-0.4, -0.2) is 60.0 Å². The maximum absolute atomic E-state index is 13.9. The number of ether oxygens (including phenoxy) is 5. The fourth-order valence-corrected chi connectivity index (χ4v) is 5.41. The van der Waals surface area contributed by atoms with Gasteiger partial charge in [0.05, 0.1) is 29.0 Å². The number of fused-ring (bicyclic) bond motifs is 5. The number of hydrogen-bond acceptors (Lipinski definition) is 11. The van der Waals surface area contributed by atoms with E-state index in [2.05, 4.69) is 13.2 Å². The second-order valence-corrected chi connectivity index (χ2v) is 10.3. The minimum Gasteiger partial charge on any atom is -0.457 e. The van der Waals surface area contributed by atoms with E-state index in [9.17, 15) is 19.2 Å². The number of nitrogens with zero attached hydrogens (tertiary/aromatic N) is 3. The summed E-state index contributed by atoms with van der Waals surface area (Å²) in [6, 6.07) is 6.71. The van der Waals surface area contributed by atoms with E-state index in [1.165, 1.54) is 12.2 Å². The third-order valence-electron chi connectivity index (χ3n) is 7.32. The average Bonchev–Trinajstić information content (AvgIpc) is 3.35. The van der Waals surface area contributed by atoms with Crippen molar-refractivity contribution in [1.29, 1.82) is 0 Å². The second-order valence-electron chi connectivity index (χ2n) is 10.3. The average molecular weight is 590 g/mol. The first-order valence-electron chi connectivity index (χ1n) is 13.6. The van der Waals surface area contributed by atoms with Crippen LogP contribution in [0.3, 0.4) is 0 Å². The number of carbonyl (C=O) groups excluding carboxylic acids is 3. The van der Waals surface area contributed by atoms with E-state index in [0.29, 0.717) is 23.4 Å². The van der Waals surface area contributed by atoms with Crippen LogP contribution in [0.5, 0.6) is 5.75 Å². The predicted molar refractivity (Wildman–Crippen MR) is 154 cm³/mol. The lowest BCUT2D eigenvalue weighted by Gasteiger charge is -2.35. The Morgan fingerprint density at radius 2 is 1.81 bits per heavy atom. The van der Waals surface area contributed by atoms with Crippen LogP contribution in [0.4, 0.5) is 9.59 Å². The maximum Gasteiger partial charge on any atom is 0.514 e. The van der Waals surface area contributed by atoms with Crippen LogP contribution < -0.4 is 10.3 Å². The summed E-state index contributed by atoms with van der Waals surface area (Å²) in [6.45, 7) is 9.02. The van der Waals surface area contributed by atoms with Crippen LogP contribution in [0.1, 0.15) is 35.6 Å². The predicted octanol–water partition coefficient (Wildman–Crippen LogP) is 4.19. The number of hydrogen-bond donors (Lipinski definition) is 0. The first kappa shape index (κ1) is 29.5. The fourth-order valence-electron chi connectivity index (χ4n) is 5.41. The second kappa shape index (κ2) is 11.7. The summed E-state index contributed by atoms with van der Waals surface area (Å²) in [6.07, 6.45) is 0.866. The molecule has 12 nitrogen and oxygen atoms in total. The van der Waals surface area contributed by atoms with Gasteiger partial charge in [-0.15, -0.1) is 0 Å². The number of esters is 1. The van der Waals surface area contributed by atoms with Crippen molar-refractivity contribution in [3.05, 3.63) is 82.2 Å². The molecular formula is C31H31N3O9. The highest BCUT2D eigenvalue weighted by Gasteiger charge is 2.51. The van der Waals surface area contributed by atoms with Gasteiger partial charge in [0, 0.05) is 23.1 Å². The normalized spacial score (nSPS) is 16.5. The summed E-state index contributed by atoms with van der Waals surface area (Å²) in [4.78, 5) is 58.5. The van der Waals surface area contributed by atoms with Crippen molar-refractivity contribution in [3.63, 3.8) is 0 Å². The van der Waals surface area contributed by atoms with Gasteiger partial charge in [-0.1, -0.05) is 32.2 Å². The van der Waals surface area contributed by atoms with E-state index in [1.807, 2.05) is 19.0 Å². The molecule has 0 amide bonds. The van der Waals surface area contributed by atoms with Gasteiger partial charge in [-0.2, -0.15) is 0 Å². The van der Waals surface area contributed by atoms with Crippen molar-refractivity contribution in [2.75, 3.05) is 27.3 Å². The van der Waals surface area contributed by atoms with Gasteiger partial charge >= 0.3 is 18.3 Å². The minimum atomic E-state index is -1.88. The van der Waals surface area contributed by atoms with Gasteiger partial charge in [-0.05, 0) is 50.3 Å². The van der Waals surface area contributed by atoms with E-state index in [1.54, 1.807) is 35.8 Å². The molecule has 0 N–H and O–H groups in total. The van der Waals surface area contributed by atoms with Crippen molar-refractivity contribution in [1.82, 2.24) is 14.5 Å². The van der Waals surface area contributed by atoms with E-state index in [0.717, 1.165) is 16.5 Å². The molecule has 2 aliphatic heterocycles. The van der Waals surface area contributed by atoms with Gasteiger partial charge in [0.15, 0.2) is 0 Å². The summed E-state index contributed by atoms with van der Waals surface area (Å²) >= 11 is 0. The molecule has 0 bridgehead atoms. The topological polar surface area (TPSA) is 135 Å². The fraction of sp³-hybridized carbons (Fsp3) is 0.323. The molecule has 0 radical (unpaired) electrons. The van der Waals surface area contributed by atoms with Crippen LogP contribution in [-0.2, 0) is 49.0 Å². The van der Waals surface area contributed by atoms with Crippen molar-refractivity contribution in [3.8, 4) is 17.1 Å². The van der Waals surface area contributed by atoms with Gasteiger partial charge in [0.1, 0.15) is 25.6 Å². The minimum absolute atomic E-state index is 0.00676. The molecule has 2 aromatic heterocycles. The molecule has 1 atom stereocenters. The van der Waals surface area contributed by atoms with E-state index < -0.39 is 23.9 Å². The summed E-state index contributed by atoms with van der Waals surface area (Å²) in [5.74, 6) is -0.519. The summed E-state index contributed by atoms with van der Waals surface area (Å²) in [7, 11) is 3.83. The Hall–Kier alpha value is -4.97. The molecule has 1 aromatic carbocycles. The van der Waals surface area contributed by atoms with Crippen molar-refractivity contribution in [2.45, 2.75) is 38.6 Å². The highest BCUT2D eigenvalue weighted by atomic mass is 16.7. The number of cyclic esters (lactones) is 1. The van der Waals surface area contributed by atoms with Crippen molar-refractivity contribution < 1.29 is 38.1 Å². The van der Waals surface area contributed by atoms with Crippen molar-refractivity contribution >= 4 is 29.2 Å². The zero-order valence-electron chi connectivity index (χ0n) is 24.1. The number of carbonyl (C=O) groups is 3. The molecule has 12 heteroatoms. The van der Waals surface area contributed by atoms with Crippen LogP contribution in [0.15, 0.2) is 54.4 Å². The van der Waals surface area contributed by atoms with Gasteiger partial charge in [-0.3, -0.25) is 4.79 Å². The van der Waals surface area contributed by atoms with Crippen molar-refractivity contribution in [2.24, 2.45) is 0 Å². The molecule has 3 aromatic rings. The van der Waals surface area contributed by atoms with Crippen LogP contribution in [0.25, 0.3) is 22.3 Å². The molecule has 0 fully saturated rings. The SMILES string of the molecule is C=CCOC(=O)Oc1ccc2nc3c(c(CN(C)C)c2c1)Cn1c-3cc2c(c1=O)COC(=O)[C@@]2(CC)OC(=O)OCC=C. The Bertz CT molecular complexity index is 1730. The quantitative estimate of drug-likeness (QED) is 0.120. The molecule has 0 saturated carbocycles. The molecule has 224 valence electrons. The molecule has 0 saturated heterocycles. The maximum atomic E-state index is 13.9. The number of aromatic nitrogens is 2. The smallest absolute Gasteiger partial charge is 0.457 e. The molecule has 0 unspecified atom stereocenters. The van der Waals surface area contributed by atoms with E-state index >= 15 is 0 Å². The zero-order chi connectivity index (χ0) is 30.9. The zero-order valence-corrected chi connectivity index (χ0v) is 24.1. The lowest BCUT2D eigenvalue weighted by Crippen LogP contribution is -2.47. The first-order valence-corrected chi connectivity index (χ1v) is 13.6. The lowest BCUT2D eigenvalue weighted by molar-refractivity contribution is -0.175. The molecule has 4 heterocycles. The third-order valence-corrected chi connectivity index (χ3v) is 7.32. The Morgan fingerprint density at radius 1 is 1.09 bits per heavy atom. The van der Waals surface area contributed by atoms with Gasteiger partial charge in [-0.25, -0.2) is 19.4 Å². The summed E-state index contributed by atoms with van der Waals surface area (Å²) in [5.41, 5.74) is 1.51. The van der Waals surface area contributed by atoms with Gasteiger partial charge in [0.2, 0.25) is 5.60 Å². The van der Waals surface area contributed by atoms with Gasteiger partial charge < -0.3 is 33.2 Å². The summed E-state index contributed by atoms with van der Waals surface area (Å²) < 4.78 is 27.8. The van der Waals surface area contributed by atoms with Crippen LogP contribution in [0.2, 0.25) is 0 Å². The first-order chi connectivity index (χ1) is 20.6. The molecule has 0 spiro atoms. The molecule has 5 rings (SSSR count). The van der Waals surface area contributed by atoms with E-state index in [-0.39, 0.29) is 55.2 Å². The van der Waals surface area contributed by atoms with Crippen LogP contribution >= 0.6 is 0 Å². The Morgan fingerprint density at radius 3 is 2.49 bits per heavy atom. The lowest BCUT2D eigenvalue weighted by atomic mass is 9.85. The molecule has 43 heavy (non-hydrogen) atoms. The Kier molecular flexibility index (Phi) is 8.05. The van der Waals surface area contributed by atoms with E-state index in [4.69, 9.17) is 28.7 Å². The Labute approximate surface area is 247 Å². The molecule has 2 aliphatic rings. The number of benzene rings is 1.